The summed E-state index contributed by atoms with van der Waals surface area (Å²) in [6, 6.07) is 60.1. The fourth-order valence-corrected chi connectivity index (χ4v) is 7.78. The minimum Gasteiger partial charge on any atom is -0.309 e. The Morgan fingerprint density at radius 2 is 0.980 bits per heavy atom. The summed E-state index contributed by atoms with van der Waals surface area (Å²) in [5, 5.41) is 37.3. The lowest BCUT2D eigenvalue weighted by molar-refractivity contribution is 1.18. The Kier molecular flexibility index (Phi) is 6.93. The first kappa shape index (κ1) is 29.7. The number of rotatable bonds is 4. The molecule has 8 aromatic carbocycles. The van der Waals surface area contributed by atoms with Crippen molar-refractivity contribution in [1.82, 2.24) is 4.57 Å². The molecular formula is C47H26N4. The number of nitrogens with zero attached hydrogens (tertiary/aromatic N) is 4. The number of aromatic nitrogens is 1. The molecule has 0 fully saturated rings. The van der Waals surface area contributed by atoms with E-state index in [9.17, 15) is 15.8 Å². The molecule has 0 bridgehead atoms. The predicted molar refractivity (Wildman–Crippen MR) is 206 cm³/mol. The second kappa shape index (κ2) is 11.9. The third-order valence-corrected chi connectivity index (χ3v) is 9.90. The Morgan fingerprint density at radius 1 is 0.373 bits per heavy atom. The average Bonchev–Trinajstić information content (AvgIpc) is 3.53. The number of fused-ring (bicyclic) bond motifs is 5. The van der Waals surface area contributed by atoms with E-state index in [0.717, 1.165) is 71.3 Å². The van der Waals surface area contributed by atoms with Crippen LogP contribution in [0.25, 0.3) is 82.4 Å². The average molecular weight is 647 g/mol. The maximum Gasteiger partial charge on any atom is 0.0998 e. The van der Waals surface area contributed by atoms with Crippen LogP contribution in [0.3, 0.4) is 0 Å². The molecule has 0 amide bonds. The van der Waals surface area contributed by atoms with Crippen molar-refractivity contribution in [2.24, 2.45) is 0 Å². The Balaban J connectivity index is 1.33. The standard InChI is InChI=1S/C47H26N4/c48-27-30-21-24-44-42(25-30)36-14-8-9-20-43(36)51(44)34-22-23-35(33(26-34)29-50)46-32(28-49)13-10-19-41(46)47-39-17-6-4-15-37(39)45(31-11-2-1-3-12-31)38-16-5-7-18-40(38)47/h1-26H. The number of nitriles is 3. The molecular weight excluding hydrogens is 621 g/mol. The molecule has 0 N–H and O–H groups in total. The van der Waals surface area contributed by atoms with E-state index in [-0.39, 0.29) is 0 Å². The van der Waals surface area contributed by atoms with Crippen LogP contribution in [0.1, 0.15) is 16.7 Å². The van der Waals surface area contributed by atoms with Gasteiger partial charge in [-0.05, 0) is 86.3 Å². The summed E-state index contributed by atoms with van der Waals surface area (Å²) in [4.78, 5) is 0. The molecule has 0 aliphatic rings. The van der Waals surface area contributed by atoms with E-state index >= 15 is 0 Å². The van der Waals surface area contributed by atoms with Gasteiger partial charge in [0.25, 0.3) is 0 Å². The Labute approximate surface area is 294 Å². The van der Waals surface area contributed by atoms with Crippen LogP contribution >= 0.6 is 0 Å². The molecule has 0 radical (unpaired) electrons. The first-order valence-corrected chi connectivity index (χ1v) is 16.7. The molecule has 1 heterocycles. The molecule has 0 spiro atoms. The molecule has 0 aliphatic heterocycles. The molecule has 234 valence electrons. The van der Waals surface area contributed by atoms with Crippen molar-refractivity contribution in [2.75, 3.05) is 0 Å². The fraction of sp³-hybridized carbons (Fsp3) is 0. The van der Waals surface area contributed by atoms with Crippen LogP contribution in [0.5, 0.6) is 0 Å². The molecule has 0 saturated carbocycles. The van der Waals surface area contributed by atoms with E-state index < -0.39 is 0 Å². The van der Waals surface area contributed by atoms with Crippen LogP contribution in [0, 0.1) is 34.0 Å². The molecule has 1 aromatic heterocycles. The second-order valence-corrected chi connectivity index (χ2v) is 12.6. The van der Waals surface area contributed by atoms with Gasteiger partial charge in [0.05, 0.1) is 45.9 Å². The number of hydrogen-bond donors (Lipinski definition) is 0. The van der Waals surface area contributed by atoms with Crippen LogP contribution in [-0.4, -0.2) is 4.57 Å². The Hall–Kier alpha value is -7.45. The molecule has 9 rings (SSSR count). The maximum absolute atomic E-state index is 10.7. The number of benzene rings is 8. The zero-order chi connectivity index (χ0) is 34.5. The Bertz CT molecular complexity index is 2940. The highest BCUT2D eigenvalue weighted by Gasteiger charge is 2.23. The molecule has 4 nitrogen and oxygen atoms in total. The summed E-state index contributed by atoms with van der Waals surface area (Å²) in [6.45, 7) is 0. The van der Waals surface area contributed by atoms with Gasteiger partial charge in [-0.25, -0.2) is 0 Å². The topological polar surface area (TPSA) is 76.3 Å². The van der Waals surface area contributed by atoms with Crippen molar-refractivity contribution in [1.29, 1.82) is 15.8 Å². The van der Waals surface area contributed by atoms with E-state index in [0.29, 0.717) is 22.3 Å². The predicted octanol–water partition coefficient (Wildman–Crippen LogP) is 11.7. The molecule has 0 saturated heterocycles. The normalized spacial score (nSPS) is 11.1. The van der Waals surface area contributed by atoms with Crippen molar-refractivity contribution in [3.63, 3.8) is 0 Å². The van der Waals surface area contributed by atoms with Gasteiger partial charge in [-0.15, -0.1) is 0 Å². The maximum atomic E-state index is 10.7. The summed E-state index contributed by atoms with van der Waals surface area (Å²) in [7, 11) is 0. The summed E-state index contributed by atoms with van der Waals surface area (Å²) in [6.07, 6.45) is 0. The first-order valence-electron chi connectivity index (χ1n) is 16.7. The molecule has 0 aliphatic carbocycles. The second-order valence-electron chi connectivity index (χ2n) is 12.6. The van der Waals surface area contributed by atoms with Gasteiger partial charge >= 0.3 is 0 Å². The molecule has 51 heavy (non-hydrogen) atoms. The van der Waals surface area contributed by atoms with Gasteiger partial charge in [0.1, 0.15) is 0 Å². The van der Waals surface area contributed by atoms with Gasteiger partial charge in [0.15, 0.2) is 0 Å². The minimum absolute atomic E-state index is 0.463. The molecule has 0 unspecified atom stereocenters. The van der Waals surface area contributed by atoms with Gasteiger partial charge in [-0.1, -0.05) is 115 Å². The highest BCUT2D eigenvalue weighted by Crippen LogP contribution is 2.47. The largest absolute Gasteiger partial charge is 0.309 e. The lowest BCUT2D eigenvalue weighted by Gasteiger charge is -2.21. The van der Waals surface area contributed by atoms with E-state index in [2.05, 4.69) is 114 Å². The summed E-state index contributed by atoms with van der Waals surface area (Å²) in [5.41, 5.74) is 9.95. The Morgan fingerprint density at radius 3 is 1.65 bits per heavy atom. The van der Waals surface area contributed by atoms with Gasteiger partial charge in [0, 0.05) is 27.6 Å². The van der Waals surface area contributed by atoms with Crippen LogP contribution < -0.4 is 0 Å². The van der Waals surface area contributed by atoms with Crippen molar-refractivity contribution in [2.45, 2.75) is 0 Å². The third kappa shape index (κ3) is 4.58. The van der Waals surface area contributed by atoms with Crippen LogP contribution in [0.15, 0.2) is 158 Å². The van der Waals surface area contributed by atoms with Crippen molar-refractivity contribution >= 4 is 43.4 Å². The van der Waals surface area contributed by atoms with Gasteiger partial charge in [0.2, 0.25) is 0 Å². The van der Waals surface area contributed by atoms with E-state index in [1.807, 2.05) is 66.7 Å². The van der Waals surface area contributed by atoms with Gasteiger partial charge in [-0.2, -0.15) is 15.8 Å². The van der Waals surface area contributed by atoms with Crippen molar-refractivity contribution in [3.8, 4) is 57.3 Å². The van der Waals surface area contributed by atoms with Crippen LogP contribution in [0.2, 0.25) is 0 Å². The summed E-state index contributed by atoms with van der Waals surface area (Å²) in [5.74, 6) is 0. The third-order valence-electron chi connectivity index (χ3n) is 9.90. The van der Waals surface area contributed by atoms with Crippen molar-refractivity contribution in [3.05, 3.63) is 174 Å². The lowest BCUT2D eigenvalue weighted by Crippen LogP contribution is -1.99. The first-order chi connectivity index (χ1) is 25.2. The van der Waals surface area contributed by atoms with E-state index in [1.54, 1.807) is 0 Å². The quantitative estimate of drug-likeness (QED) is 0.179. The van der Waals surface area contributed by atoms with E-state index in [4.69, 9.17) is 0 Å². The number of para-hydroxylation sites is 1. The fourth-order valence-electron chi connectivity index (χ4n) is 7.78. The van der Waals surface area contributed by atoms with Crippen LogP contribution in [-0.2, 0) is 0 Å². The SMILES string of the molecule is N#Cc1ccc2c(c1)c1ccccc1n2-c1ccc(-c2c(C#N)cccc2-c2c3ccccc3c(-c3ccccc3)c3ccccc23)c(C#N)c1. The highest BCUT2D eigenvalue weighted by molar-refractivity contribution is 6.22. The molecule has 0 atom stereocenters. The van der Waals surface area contributed by atoms with E-state index in [1.165, 1.54) is 5.56 Å². The van der Waals surface area contributed by atoms with Gasteiger partial charge < -0.3 is 4.57 Å². The highest BCUT2D eigenvalue weighted by atomic mass is 15.0. The molecule has 9 aromatic rings. The summed E-state index contributed by atoms with van der Waals surface area (Å²) >= 11 is 0. The number of hydrogen-bond acceptors (Lipinski definition) is 3. The summed E-state index contributed by atoms with van der Waals surface area (Å²) < 4.78 is 2.14. The lowest BCUT2D eigenvalue weighted by atomic mass is 9.82. The molecule has 4 heteroatoms. The monoisotopic (exact) mass is 646 g/mol. The van der Waals surface area contributed by atoms with Crippen LogP contribution in [0.4, 0.5) is 0 Å². The smallest absolute Gasteiger partial charge is 0.0998 e. The zero-order valence-electron chi connectivity index (χ0n) is 27.3. The minimum atomic E-state index is 0.463. The van der Waals surface area contributed by atoms with Gasteiger partial charge in [-0.3, -0.25) is 0 Å². The van der Waals surface area contributed by atoms with Crippen molar-refractivity contribution < 1.29 is 0 Å². The zero-order valence-corrected chi connectivity index (χ0v) is 27.3.